The fourth-order valence-corrected chi connectivity index (χ4v) is 2.71. The van der Waals surface area contributed by atoms with E-state index in [4.69, 9.17) is 5.14 Å². The van der Waals surface area contributed by atoms with Crippen molar-refractivity contribution in [3.8, 4) is 0 Å². The number of benzene rings is 1. The molecule has 0 spiro atoms. The van der Waals surface area contributed by atoms with E-state index in [9.17, 15) is 26.4 Å². The van der Waals surface area contributed by atoms with E-state index in [0.29, 0.717) is 0 Å². The Morgan fingerprint density at radius 1 is 1.20 bits per heavy atom. The topological polar surface area (TPSA) is 80.5 Å². The van der Waals surface area contributed by atoms with Gasteiger partial charge in [0.1, 0.15) is 5.25 Å². The summed E-state index contributed by atoms with van der Waals surface area (Å²) in [5.74, 6) is -0.483. The minimum absolute atomic E-state index is 0.150. The van der Waals surface area contributed by atoms with E-state index < -0.39 is 32.9 Å². The molecular formula is C11H11F3N2O3S. The highest BCUT2D eigenvalue weighted by Gasteiger charge is 2.37. The third-order valence-corrected chi connectivity index (χ3v) is 4.31. The van der Waals surface area contributed by atoms with E-state index in [0.717, 1.165) is 29.2 Å². The number of rotatable bonds is 2. The van der Waals surface area contributed by atoms with Crippen molar-refractivity contribution >= 4 is 21.6 Å². The average molecular weight is 308 g/mol. The highest BCUT2D eigenvalue weighted by atomic mass is 32.2. The average Bonchev–Trinajstić information content (AvgIpc) is 2.70. The number of amides is 1. The predicted molar refractivity (Wildman–Crippen MR) is 65.3 cm³/mol. The molecule has 110 valence electrons. The molecule has 0 aliphatic carbocycles. The van der Waals surface area contributed by atoms with E-state index in [-0.39, 0.29) is 18.7 Å². The maximum absolute atomic E-state index is 12.4. The van der Waals surface area contributed by atoms with Gasteiger partial charge in [-0.3, -0.25) is 4.79 Å². The van der Waals surface area contributed by atoms with Crippen molar-refractivity contribution in [2.45, 2.75) is 17.8 Å². The molecule has 1 heterocycles. The standard InChI is InChI=1S/C11H11F3N2O3S/c12-11(13,14)7-1-3-8(4-2-7)16-6-9(5-10(16)17)20(15,18)19/h1-4,9H,5-6H2,(H2,15,18,19). The lowest BCUT2D eigenvalue weighted by atomic mass is 10.2. The first-order valence-corrected chi connectivity index (χ1v) is 7.19. The van der Waals surface area contributed by atoms with Gasteiger partial charge >= 0.3 is 6.18 Å². The second-order valence-corrected chi connectivity index (χ2v) is 6.31. The Bertz CT molecular complexity index is 625. The fourth-order valence-electron chi connectivity index (χ4n) is 1.97. The molecule has 1 aliphatic heterocycles. The largest absolute Gasteiger partial charge is 0.416 e. The first-order chi connectivity index (χ1) is 9.09. The Morgan fingerprint density at radius 2 is 1.75 bits per heavy atom. The molecule has 1 aromatic carbocycles. The van der Waals surface area contributed by atoms with E-state index in [1.807, 2.05) is 0 Å². The summed E-state index contributed by atoms with van der Waals surface area (Å²) in [4.78, 5) is 12.8. The normalized spacial score (nSPS) is 20.5. The van der Waals surface area contributed by atoms with Gasteiger partial charge in [0, 0.05) is 18.7 Å². The maximum atomic E-state index is 12.4. The number of sulfonamides is 1. The van der Waals surface area contributed by atoms with Crippen molar-refractivity contribution < 1.29 is 26.4 Å². The van der Waals surface area contributed by atoms with Crippen LogP contribution in [0.5, 0.6) is 0 Å². The number of hydrogen-bond donors (Lipinski definition) is 1. The highest BCUT2D eigenvalue weighted by Crippen LogP contribution is 2.31. The second-order valence-electron chi connectivity index (χ2n) is 4.46. The summed E-state index contributed by atoms with van der Waals surface area (Å²) in [5.41, 5.74) is -0.620. The zero-order chi connectivity index (χ0) is 15.1. The highest BCUT2D eigenvalue weighted by molar-refractivity contribution is 7.89. The van der Waals surface area contributed by atoms with Crippen LogP contribution >= 0.6 is 0 Å². The number of primary sulfonamides is 1. The van der Waals surface area contributed by atoms with Gasteiger partial charge in [0.2, 0.25) is 15.9 Å². The summed E-state index contributed by atoms with van der Waals surface area (Å²) in [7, 11) is -3.85. The van der Waals surface area contributed by atoms with Crippen LogP contribution in [-0.2, 0) is 21.0 Å². The molecule has 1 aliphatic rings. The lowest BCUT2D eigenvalue weighted by Crippen LogP contribution is -2.32. The number of anilines is 1. The molecule has 1 atom stereocenters. The first kappa shape index (κ1) is 14.8. The van der Waals surface area contributed by atoms with E-state index in [1.165, 1.54) is 0 Å². The molecule has 0 bridgehead atoms. The monoisotopic (exact) mass is 308 g/mol. The molecule has 1 amide bonds. The number of halogens is 3. The number of alkyl halides is 3. The molecule has 1 fully saturated rings. The molecule has 5 nitrogen and oxygen atoms in total. The van der Waals surface area contributed by atoms with Crippen LogP contribution in [-0.4, -0.2) is 26.1 Å². The van der Waals surface area contributed by atoms with Crippen molar-refractivity contribution in [3.05, 3.63) is 29.8 Å². The van der Waals surface area contributed by atoms with Gasteiger partial charge in [0.05, 0.1) is 5.56 Å². The van der Waals surface area contributed by atoms with Crippen LogP contribution < -0.4 is 10.0 Å². The lowest BCUT2D eigenvalue weighted by Gasteiger charge is -2.17. The molecule has 0 aromatic heterocycles. The number of nitrogens with zero attached hydrogens (tertiary/aromatic N) is 1. The first-order valence-electron chi connectivity index (χ1n) is 5.58. The van der Waals surface area contributed by atoms with Gasteiger partial charge in [0.25, 0.3) is 0 Å². The van der Waals surface area contributed by atoms with Gasteiger partial charge in [-0.15, -0.1) is 0 Å². The molecule has 1 saturated heterocycles. The Balaban J connectivity index is 2.23. The molecule has 20 heavy (non-hydrogen) atoms. The van der Waals surface area contributed by atoms with Crippen molar-refractivity contribution in [1.82, 2.24) is 0 Å². The van der Waals surface area contributed by atoms with Crippen LogP contribution in [0.2, 0.25) is 0 Å². The van der Waals surface area contributed by atoms with Crippen LogP contribution in [0.4, 0.5) is 18.9 Å². The zero-order valence-electron chi connectivity index (χ0n) is 10.1. The molecule has 1 aromatic rings. The minimum Gasteiger partial charge on any atom is -0.311 e. The van der Waals surface area contributed by atoms with Crippen molar-refractivity contribution in [2.75, 3.05) is 11.4 Å². The number of hydrogen-bond acceptors (Lipinski definition) is 3. The molecular weight excluding hydrogens is 297 g/mol. The van der Waals surface area contributed by atoms with E-state index in [2.05, 4.69) is 0 Å². The van der Waals surface area contributed by atoms with Crippen LogP contribution in [0.3, 0.4) is 0 Å². The van der Waals surface area contributed by atoms with Gasteiger partial charge < -0.3 is 4.90 Å². The van der Waals surface area contributed by atoms with Gasteiger partial charge in [-0.25, -0.2) is 13.6 Å². The molecule has 9 heteroatoms. The Morgan fingerprint density at radius 3 is 2.15 bits per heavy atom. The van der Waals surface area contributed by atoms with Gasteiger partial charge in [-0.05, 0) is 24.3 Å². The van der Waals surface area contributed by atoms with Crippen LogP contribution in [0.1, 0.15) is 12.0 Å². The van der Waals surface area contributed by atoms with E-state index in [1.54, 1.807) is 0 Å². The van der Waals surface area contributed by atoms with Crippen LogP contribution in [0.15, 0.2) is 24.3 Å². The number of nitrogens with two attached hydrogens (primary N) is 1. The summed E-state index contributed by atoms with van der Waals surface area (Å²) >= 11 is 0. The predicted octanol–water partition coefficient (Wildman–Crippen LogP) is 1.10. The van der Waals surface area contributed by atoms with Crippen molar-refractivity contribution in [3.63, 3.8) is 0 Å². The van der Waals surface area contributed by atoms with Gasteiger partial charge in [-0.2, -0.15) is 13.2 Å². The summed E-state index contributed by atoms with van der Waals surface area (Å²) in [6.45, 7) is -0.150. The molecule has 2 N–H and O–H groups in total. The maximum Gasteiger partial charge on any atom is 0.416 e. The van der Waals surface area contributed by atoms with Crippen LogP contribution in [0, 0.1) is 0 Å². The second kappa shape index (κ2) is 4.74. The molecule has 0 saturated carbocycles. The Kier molecular flexibility index (Phi) is 3.51. The SMILES string of the molecule is NS(=O)(=O)C1CC(=O)N(c2ccc(C(F)(F)F)cc2)C1. The van der Waals surface area contributed by atoms with Crippen molar-refractivity contribution in [2.24, 2.45) is 5.14 Å². The Labute approximate surface area is 113 Å². The summed E-state index contributed by atoms with van der Waals surface area (Å²) in [5, 5.41) is 3.94. The quantitative estimate of drug-likeness (QED) is 0.888. The number of carbonyl (C=O) groups is 1. The van der Waals surface area contributed by atoms with Gasteiger partial charge in [0.15, 0.2) is 0 Å². The summed E-state index contributed by atoms with van der Waals surface area (Å²) < 4.78 is 59.6. The minimum atomic E-state index is -4.46. The summed E-state index contributed by atoms with van der Waals surface area (Å²) in [6.07, 6.45) is -4.73. The lowest BCUT2D eigenvalue weighted by molar-refractivity contribution is -0.137. The van der Waals surface area contributed by atoms with E-state index >= 15 is 0 Å². The van der Waals surface area contributed by atoms with Crippen molar-refractivity contribution in [1.29, 1.82) is 0 Å². The fraction of sp³-hybridized carbons (Fsp3) is 0.364. The molecule has 2 rings (SSSR count). The third kappa shape index (κ3) is 2.93. The van der Waals surface area contributed by atoms with Crippen LogP contribution in [0.25, 0.3) is 0 Å². The summed E-state index contributed by atoms with van der Waals surface area (Å²) in [6, 6.07) is 3.94. The third-order valence-electron chi connectivity index (χ3n) is 3.06. The smallest absolute Gasteiger partial charge is 0.311 e. The Hall–Kier alpha value is -1.61. The number of carbonyl (C=O) groups excluding carboxylic acids is 1. The zero-order valence-corrected chi connectivity index (χ0v) is 10.9. The van der Waals surface area contributed by atoms with Gasteiger partial charge in [-0.1, -0.05) is 0 Å². The molecule has 1 unspecified atom stereocenters. The molecule has 0 radical (unpaired) electrons.